The van der Waals surface area contributed by atoms with Crippen LogP contribution in [0.5, 0.6) is 11.6 Å². The highest BCUT2D eigenvalue weighted by Gasteiger charge is 2.31. The number of aromatic nitrogens is 2. The van der Waals surface area contributed by atoms with Crippen LogP contribution in [-0.4, -0.2) is 22.7 Å². The van der Waals surface area contributed by atoms with Crippen molar-refractivity contribution in [2.45, 2.75) is 13.1 Å². The molecule has 9 heteroatoms. The second kappa shape index (κ2) is 8.50. The first-order valence-corrected chi connectivity index (χ1v) is 9.84. The first-order chi connectivity index (χ1) is 15.7. The largest absolute Gasteiger partial charge is 0.436 e. The summed E-state index contributed by atoms with van der Waals surface area (Å²) >= 11 is 0. The van der Waals surface area contributed by atoms with Crippen molar-refractivity contribution in [1.82, 2.24) is 9.78 Å². The standard InChI is InChI=1S/C24H18F4N4O/c1-14(29)32-22(30-2)19-11-9-17(25)13-20(19)23(31-32)33-21-12-16(24(26,27)28)8-10-18(21)15-6-4-3-5-7-15/h3-13,29H,1-2H3. The molecule has 33 heavy (non-hydrogen) atoms. The van der Waals surface area contributed by atoms with Crippen molar-refractivity contribution < 1.29 is 22.3 Å². The van der Waals surface area contributed by atoms with Crippen LogP contribution in [0, 0.1) is 11.2 Å². The summed E-state index contributed by atoms with van der Waals surface area (Å²) < 4.78 is 61.6. The molecule has 0 unspecified atom stereocenters. The zero-order valence-corrected chi connectivity index (χ0v) is 17.6. The Hall–Kier alpha value is -4.01. The van der Waals surface area contributed by atoms with Crippen LogP contribution in [0.4, 0.5) is 17.6 Å². The van der Waals surface area contributed by atoms with E-state index in [1.54, 1.807) is 30.3 Å². The molecule has 0 radical (unpaired) electrons. The van der Waals surface area contributed by atoms with Crippen LogP contribution in [0.15, 0.2) is 71.7 Å². The van der Waals surface area contributed by atoms with Crippen LogP contribution < -0.4 is 10.2 Å². The lowest BCUT2D eigenvalue weighted by Gasteiger charge is -2.17. The van der Waals surface area contributed by atoms with Crippen molar-refractivity contribution in [2.75, 3.05) is 7.05 Å². The fourth-order valence-corrected chi connectivity index (χ4v) is 3.46. The van der Waals surface area contributed by atoms with Crippen LogP contribution in [0.2, 0.25) is 0 Å². The smallest absolute Gasteiger partial charge is 0.416 e. The Morgan fingerprint density at radius 1 is 1.00 bits per heavy atom. The molecule has 1 N–H and O–H groups in total. The van der Waals surface area contributed by atoms with Gasteiger partial charge >= 0.3 is 6.18 Å². The average Bonchev–Trinajstić information content (AvgIpc) is 2.78. The highest BCUT2D eigenvalue weighted by atomic mass is 19.4. The monoisotopic (exact) mass is 454 g/mol. The number of halogens is 4. The fraction of sp³-hybridized carbons (Fsp3) is 0.125. The highest BCUT2D eigenvalue weighted by molar-refractivity contribution is 5.89. The molecule has 1 heterocycles. The molecule has 4 rings (SSSR count). The van der Waals surface area contributed by atoms with E-state index in [4.69, 9.17) is 10.1 Å². The van der Waals surface area contributed by atoms with Gasteiger partial charge in [0.2, 0.25) is 5.88 Å². The number of fused-ring (bicyclic) bond motifs is 1. The van der Waals surface area contributed by atoms with Gasteiger partial charge in [-0.05, 0) is 42.8 Å². The third kappa shape index (κ3) is 4.34. The van der Waals surface area contributed by atoms with Crippen molar-refractivity contribution in [3.05, 3.63) is 83.6 Å². The van der Waals surface area contributed by atoms with Gasteiger partial charge in [-0.2, -0.15) is 17.9 Å². The molecular weight excluding hydrogens is 436 g/mol. The molecule has 0 aliphatic heterocycles. The van der Waals surface area contributed by atoms with Crippen LogP contribution >= 0.6 is 0 Å². The number of nitrogens with one attached hydrogen (secondary N) is 1. The van der Waals surface area contributed by atoms with Gasteiger partial charge in [0.05, 0.1) is 10.9 Å². The normalized spacial score (nSPS) is 12.2. The predicted octanol–water partition coefficient (Wildman–Crippen LogP) is 6.03. The number of alkyl halides is 3. The Morgan fingerprint density at radius 2 is 1.73 bits per heavy atom. The average molecular weight is 454 g/mol. The summed E-state index contributed by atoms with van der Waals surface area (Å²) in [5.41, 5.74) is 0.423. The Kier molecular flexibility index (Phi) is 5.71. The first-order valence-electron chi connectivity index (χ1n) is 9.84. The summed E-state index contributed by atoms with van der Waals surface area (Å²) in [6.07, 6.45) is -4.59. The minimum atomic E-state index is -4.59. The third-order valence-electron chi connectivity index (χ3n) is 4.97. The summed E-state index contributed by atoms with van der Waals surface area (Å²) in [6.45, 7) is 1.47. The summed E-state index contributed by atoms with van der Waals surface area (Å²) in [6, 6.07) is 15.8. The van der Waals surface area contributed by atoms with Gasteiger partial charge in [-0.3, -0.25) is 10.4 Å². The first kappa shape index (κ1) is 22.2. The van der Waals surface area contributed by atoms with E-state index in [-0.39, 0.29) is 28.3 Å². The van der Waals surface area contributed by atoms with Crippen molar-refractivity contribution in [2.24, 2.45) is 4.99 Å². The lowest BCUT2D eigenvalue weighted by Crippen LogP contribution is -2.29. The predicted molar refractivity (Wildman–Crippen MR) is 117 cm³/mol. The Balaban J connectivity index is 2.00. The molecule has 0 aliphatic carbocycles. The lowest BCUT2D eigenvalue weighted by atomic mass is 10.0. The minimum Gasteiger partial charge on any atom is -0.436 e. The molecule has 4 aromatic rings. The number of hydrogen-bond donors (Lipinski definition) is 1. The van der Waals surface area contributed by atoms with Crippen molar-refractivity contribution in [1.29, 1.82) is 5.41 Å². The van der Waals surface area contributed by atoms with Gasteiger partial charge in [0.25, 0.3) is 0 Å². The summed E-state index contributed by atoms with van der Waals surface area (Å²) in [4.78, 5) is 4.14. The number of nitrogens with zero attached hydrogens (tertiary/aromatic N) is 3. The molecule has 0 saturated carbocycles. The zero-order valence-electron chi connectivity index (χ0n) is 17.6. The number of ether oxygens (including phenoxy) is 1. The molecule has 5 nitrogen and oxygen atoms in total. The molecule has 0 aliphatic rings. The van der Waals surface area contributed by atoms with Gasteiger partial charge in [0.1, 0.15) is 17.4 Å². The van der Waals surface area contributed by atoms with Gasteiger partial charge < -0.3 is 4.74 Å². The van der Waals surface area contributed by atoms with E-state index in [0.717, 1.165) is 12.1 Å². The number of hydrogen-bond acceptors (Lipinski definition) is 4. The van der Waals surface area contributed by atoms with E-state index < -0.39 is 17.6 Å². The second-order valence-electron chi connectivity index (χ2n) is 7.22. The Labute approximate surface area is 186 Å². The fourth-order valence-electron chi connectivity index (χ4n) is 3.46. The van der Waals surface area contributed by atoms with Gasteiger partial charge in [-0.1, -0.05) is 36.4 Å². The molecule has 0 atom stereocenters. The zero-order chi connectivity index (χ0) is 23.8. The van der Waals surface area contributed by atoms with E-state index in [2.05, 4.69) is 10.1 Å². The minimum absolute atomic E-state index is 0.000926. The van der Waals surface area contributed by atoms with Crippen LogP contribution in [0.3, 0.4) is 0 Å². The van der Waals surface area contributed by atoms with Crippen molar-refractivity contribution in [3.63, 3.8) is 0 Å². The molecule has 168 valence electrons. The van der Waals surface area contributed by atoms with E-state index in [1.165, 1.54) is 42.9 Å². The summed E-state index contributed by atoms with van der Waals surface area (Å²) in [5, 5.41) is 12.9. The summed E-state index contributed by atoms with van der Waals surface area (Å²) in [7, 11) is 1.50. The van der Waals surface area contributed by atoms with Gasteiger partial charge in [-0.15, -0.1) is 5.10 Å². The molecule has 1 aromatic heterocycles. The van der Waals surface area contributed by atoms with Gasteiger partial charge in [0, 0.05) is 18.0 Å². The number of benzene rings is 3. The van der Waals surface area contributed by atoms with Crippen molar-refractivity contribution >= 4 is 16.6 Å². The van der Waals surface area contributed by atoms with Gasteiger partial charge in [-0.25, -0.2) is 4.39 Å². The Bertz CT molecular complexity index is 1430. The molecule has 0 fully saturated rings. The molecular formula is C24H18F4N4O. The van der Waals surface area contributed by atoms with Crippen LogP contribution in [-0.2, 0) is 6.18 Å². The maximum atomic E-state index is 14.1. The SMILES string of the molecule is CN=c1c2ccc(F)cc2c(Oc2cc(C(F)(F)F)ccc2-c2ccccc2)nn1C(C)=N. The second-order valence-corrected chi connectivity index (χ2v) is 7.22. The lowest BCUT2D eigenvalue weighted by molar-refractivity contribution is -0.137. The highest BCUT2D eigenvalue weighted by Crippen LogP contribution is 2.39. The molecule has 0 spiro atoms. The third-order valence-corrected chi connectivity index (χ3v) is 4.97. The van der Waals surface area contributed by atoms with E-state index in [1.807, 2.05) is 0 Å². The van der Waals surface area contributed by atoms with Crippen LogP contribution in [0.25, 0.3) is 21.9 Å². The molecule has 0 saturated heterocycles. The van der Waals surface area contributed by atoms with E-state index in [9.17, 15) is 17.6 Å². The maximum absolute atomic E-state index is 14.1. The molecule has 3 aromatic carbocycles. The quantitative estimate of drug-likeness (QED) is 0.233. The van der Waals surface area contributed by atoms with Gasteiger partial charge in [0.15, 0.2) is 5.49 Å². The van der Waals surface area contributed by atoms with E-state index >= 15 is 0 Å². The summed E-state index contributed by atoms with van der Waals surface area (Å²) in [5.74, 6) is -0.837. The molecule has 0 bridgehead atoms. The van der Waals surface area contributed by atoms with Crippen LogP contribution in [0.1, 0.15) is 12.5 Å². The molecule has 0 amide bonds. The maximum Gasteiger partial charge on any atom is 0.416 e. The van der Waals surface area contributed by atoms with E-state index in [0.29, 0.717) is 16.5 Å². The van der Waals surface area contributed by atoms with Crippen molar-refractivity contribution in [3.8, 4) is 22.8 Å². The number of rotatable bonds is 3. The topological polar surface area (TPSA) is 63.3 Å². The Morgan fingerprint density at radius 3 is 2.36 bits per heavy atom.